The number of carbonyl (C=O) groups is 3. The molecule has 446 valence electrons. The minimum absolute atomic E-state index is 0.0885. The molecular formula is C72H122O6. The van der Waals surface area contributed by atoms with Crippen LogP contribution in [-0.2, 0) is 28.6 Å². The highest BCUT2D eigenvalue weighted by molar-refractivity contribution is 5.71. The average Bonchev–Trinajstić information content (AvgIpc) is 3.44. The van der Waals surface area contributed by atoms with Crippen LogP contribution in [0.15, 0.2) is 109 Å². The van der Waals surface area contributed by atoms with Crippen molar-refractivity contribution in [2.24, 2.45) is 0 Å². The lowest BCUT2D eigenvalue weighted by molar-refractivity contribution is -0.167. The Labute approximate surface area is 482 Å². The Kier molecular flexibility index (Phi) is 62.3. The summed E-state index contributed by atoms with van der Waals surface area (Å²) in [5.74, 6) is -0.909. The summed E-state index contributed by atoms with van der Waals surface area (Å²) >= 11 is 0. The second kappa shape index (κ2) is 65.6. The number of hydrogen-bond acceptors (Lipinski definition) is 6. The molecule has 0 rings (SSSR count). The van der Waals surface area contributed by atoms with Gasteiger partial charge in [0.05, 0.1) is 0 Å². The molecule has 0 heterocycles. The number of carbonyl (C=O) groups excluding carboxylic acids is 3. The Hall–Kier alpha value is -3.93. The van der Waals surface area contributed by atoms with Crippen molar-refractivity contribution in [1.82, 2.24) is 0 Å². The van der Waals surface area contributed by atoms with E-state index in [1.807, 2.05) is 0 Å². The standard InChI is InChI=1S/C72H122O6/c1-4-7-10-13-16-19-22-25-28-31-33-34-35-36-37-38-39-42-44-47-50-53-56-59-62-65-71(74)77-68-69(67-76-70(73)64-61-58-55-52-49-46-43-40-30-27-24-21-18-15-12-9-6-3)78-72(75)66-63-60-57-54-51-48-45-41-32-29-26-23-20-17-14-11-8-5-2/h7,9-10,12,16,18-19,21,25,27-30,32-34,43,46,69H,4-6,8,11,13-15,17,20,22-24,26,31,35-42,44-45,47-68H2,1-3H3/b10-7-,12-9-,19-16-,21-18-,28-25-,30-27-,32-29-,34-33-,46-43-. The first-order valence-electron chi connectivity index (χ1n) is 32.9. The highest BCUT2D eigenvalue weighted by atomic mass is 16.6. The molecule has 6 heteroatoms. The Morgan fingerprint density at radius 3 is 0.795 bits per heavy atom. The van der Waals surface area contributed by atoms with Gasteiger partial charge in [0.1, 0.15) is 13.2 Å². The van der Waals surface area contributed by atoms with Crippen molar-refractivity contribution in [3.8, 4) is 0 Å². The summed E-state index contributed by atoms with van der Waals surface area (Å²) in [6.07, 6.45) is 89.5. The lowest BCUT2D eigenvalue weighted by Crippen LogP contribution is -2.30. The van der Waals surface area contributed by atoms with Crippen molar-refractivity contribution >= 4 is 17.9 Å². The van der Waals surface area contributed by atoms with Gasteiger partial charge in [-0.15, -0.1) is 0 Å². The van der Waals surface area contributed by atoms with Gasteiger partial charge in [-0.3, -0.25) is 14.4 Å². The SMILES string of the molecule is CC/C=C\C/C=C\C/C=C\C/C=C\CCCCCCCCCCCCCCC(=O)OCC(COC(=O)CCCCCC/C=C\C/C=C\C/C=C\C/C=C\CC)OC(=O)CCCCCCCCC/C=C\CCCCCCCCC. The van der Waals surface area contributed by atoms with Crippen LogP contribution in [0.1, 0.15) is 310 Å². The number of hydrogen-bond donors (Lipinski definition) is 0. The second-order valence-electron chi connectivity index (χ2n) is 21.6. The van der Waals surface area contributed by atoms with Crippen LogP contribution in [0.3, 0.4) is 0 Å². The fourth-order valence-electron chi connectivity index (χ4n) is 9.13. The van der Waals surface area contributed by atoms with E-state index in [0.29, 0.717) is 19.3 Å². The molecule has 0 saturated carbocycles. The van der Waals surface area contributed by atoms with Gasteiger partial charge in [-0.25, -0.2) is 0 Å². The minimum Gasteiger partial charge on any atom is -0.462 e. The highest BCUT2D eigenvalue weighted by Crippen LogP contribution is 2.16. The molecule has 0 radical (unpaired) electrons. The Bertz CT molecular complexity index is 1570. The number of unbranched alkanes of at least 4 members (excludes halogenated alkanes) is 30. The quantitative estimate of drug-likeness (QED) is 0.0261. The smallest absolute Gasteiger partial charge is 0.306 e. The van der Waals surface area contributed by atoms with Gasteiger partial charge >= 0.3 is 17.9 Å². The first-order valence-corrected chi connectivity index (χ1v) is 32.9. The lowest BCUT2D eigenvalue weighted by Gasteiger charge is -2.18. The van der Waals surface area contributed by atoms with Crippen LogP contribution >= 0.6 is 0 Å². The van der Waals surface area contributed by atoms with Gasteiger partial charge in [0.15, 0.2) is 6.10 Å². The predicted molar refractivity (Wildman–Crippen MR) is 339 cm³/mol. The molecule has 1 atom stereocenters. The number of rotatable bonds is 59. The molecule has 0 aliphatic heterocycles. The third kappa shape index (κ3) is 62.9. The Morgan fingerprint density at radius 2 is 0.500 bits per heavy atom. The summed E-state index contributed by atoms with van der Waals surface area (Å²) in [5.41, 5.74) is 0. The van der Waals surface area contributed by atoms with E-state index in [4.69, 9.17) is 14.2 Å². The molecule has 0 aliphatic carbocycles. The molecule has 0 bridgehead atoms. The van der Waals surface area contributed by atoms with Crippen LogP contribution in [0.2, 0.25) is 0 Å². The van der Waals surface area contributed by atoms with Crippen molar-refractivity contribution in [1.29, 1.82) is 0 Å². The zero-order chi connectivity index (χ0) is 56.4. The van der Waals surface area contributed by atoms with Gasteiger partial charge in [-0.1, -0.05) is 278 Å². The summed E-state index contributed by atoms with van der Waals surface area (Å²) < 4.78 is 16.9. The molecule has 78 heavy (non-hydrogen) atoms. The fourth-order valence-corrected chi connectivity index (χ4v) is 9.13. The molecule has 0 N–H and O–H groups in total. The van der Waals surface area contributed by atoms with Crippen molar-refractivity contribution in [2.45, 2.75) is 316 Å². The number of esters is 3. The molecule has 0 fully saturated rings. The van der Waals surface area contributed by atoms with Crippen LogP contribution in [-0.4, -0.2) is 37.2 Å². The van der Waals surface area contributed by atoms with Gasteiger partial charge in [0.2, 0.25) is 0 Å². The van der Waals surface area contributed by atoms with Crippen molar-refractivity contribution < 1.29 is 28.6 Å². The first kappa shape index (κ1) is 74.1. The van der Waals surface area contributed by atoms with E-state index >= 15 is 0 Å². The van der Waals surface area contributed by atoms with Crippen LogP contribution in [0.4, 0.5) is 0 Å². The molecule has 0 aromatic carbocycles. The van der Waals surface area contributed by atoms with Crippen molar-refractivity contribution in [3.63, 3.8) is 0 Å². The zero-order valence-corrected chi connectivity index (χ0v) is 51.2. The fraction of sp³-hybridized carbons (Fsp3) is 0.708. The Morgan fingerprint density at radius 1 is 0.269 bits per heavy atom. The van der Waals surface area contributed by atoms with Crippen molar-refractivity contribution in [3.05, 3.63) is 109 Å². The summed E-state index contributed by atoms with van der Waals surface area (Å²) in [6, 6.07) is 0. The molecule has 1 unspecified atom stereocenters. The first-order chi connectivity index (χ1) is 38.5. The summed E-state index contributed by atoms with van der Waals surface area (Å²) in [7, 11) is 0. The maximum atomic E-state index is 12.9. The van der Waals surface area contributed by atoms with E-state index in [1.54, 1.807) is 0 Å². The van der Waals surface area contributed by atoms with E-state index in [9.17, 15) is 14.4 Å². The lowest BCUT2D eigenvalue weighted by atomic mass is 10.0. The van der Waals surface area contributed by atoms with Gasteiger partial charge in [-0.05, 0) is 122 Å². The molecule has 6 nitrogen and oxygen atoms in total. The third-order valence-corrected chi connectivity index (χ3v) is 14.0. The minimum atomic E-state index is -0.794. The van der Waals surface area contributed by atoms with Gasteiger partial charge in [-0.2, -0.15) is 0 Å². The van der Waals surface area contributed by atoms with E-state index in [-0.39, 0.29) is 31.1 Å². The van der Waals surface area contributed by atoms with E-state index < -0.39 is 6.10 Å². The molecule has 0 aliphatic rings. The summed E-state index contributed by atoms with van der Waals surface area (Å²) in [4.78, 5) is 38.4. The monoisotopic (exact) mass is 1080 g/mol. The predicted octanol–water partition coefficient (Wildman–Crippen LogP) is 22.6. The molecule has 0 amide bonds. The van der Waals surface area contributed by atoms with Crippen LogP contribution < -0.4 is 0 Å². The average molecular weight is 1080 g/mol. The van der Waals surface area contributed by atoms with E-state index in [1.165, 1.54) is 148 Å². The third-order valence-electron chi connectivity index (χ3n) is 14.0. The molecular weight excluding hydrogens is 961 g/mol. The van der Waals surface area contributed by atoms with Crippen LogP contribution in [0, 0.1) is 0 Å². The zero-order valence-electron chi connectivity index (χ0n) is 51.2. The maximum Gasteiger partial charge on any atom is 0.306 e. The summed E-state index contributed by atoms with van der Waals surface area (Å²) in [5, 5.41) is 0. The topological polar surface area (TPSA) is 78.9 Å². The van der Waals surface area contributed by atoms with Crippen molar-refractivity contribution in [2.75, 3.05) is 13.2 Å². The largest absolute Gasteiger partial charge is 0.462 e. The highest BCUT2D eigenvalue weighted by Gasteiger charge is 2.19. The molecule has 0 saturated heterocycles. The number of allylic oxidation sites excluding steroid dienone is 18. The van der Waals surface area contributed by atoms with Gasteiger partial charge in [0, 0.05) is 19.3 Å². The molecule has 0 aromatic rings. The van der Waals surface area contributed by atoms with Crippen LogP contribution in [0.25, 0.3) is 0 Å². The second-order valence-corrected chi connectivity index (χ2v) is 21.6. The molecule has 0 spiro atoms. The van der Waals surface area contributed by atoms with Gasteiger partial charge in [0.25, 0.3) is 0 Å². The summed E-state index contributed by atoms with van der Waals surface area (Å²) in [6.45, 7) is 6.41. The van der Waals surface area contributed by atoms with E-state index in [0.717, 1.165) is 122 Å². The Balaban J connectivity index is 4.38. The molecule has 0 aromatic heterocycles. The van der Waals surface area contributed by atoms with Crippen LogP contribution in [0.5, 0.6) is 0 Å². The van der Waals surface area contributed by atoms with E-state index in [2.05, 4.69) is 130 Å². The normalized spacial score (nSPS) is 12.8. The maximum absolute atomic E-state index is 12.9. The number of ether oxygens (including phenoxy) is 3. The van der Waals surface area contributed by atoms with Gasteiger partial charge < -0.3 is 14.2 Å².